The van der Waals surface area contributed by atoms with Crippen LogP contribution in [-0.4, -0.2) is 45.9 Å². The number of likely N-dealkylation sites (tertiary alicyclic amines) is 1. The predicted octanol–water partition coefficient (Wildman–Crippen LogP) is 2.65. The third kappa shape index (κ3) is 5.12. The Morgan fingerprint density at radius 3 is 2.43 bits per heavy atom. The van der Waals surface area contributed by atoms with Gasteiger partial charge in [-0.1, -0.05) is 30.3 Å². The van der Waals surface area contributed by atoms with Crippen molar-refractivity contribution in [1.29, 1.82) is 0 Å². The smallest absolute Gasteiger partial charge is 0.334 e. The highest BCUT2D eigenvalue weighted by molar-refractivity contribution is 6.01. The van der Waals surface area contributed by atoms with Crippen LogP contribution in [0.4, 0.5) is 11.4 Å². The minimum absolute atomic E-state index is 0.0852. The van der Waals surface area contributed by atoms with Crippen molar-refractivity contribution in [3.05, 3.63) is 63.7 Å². The number of nitro groups is 1. The van der Waals surface area contributed by atoms with Crippen LogP contribution >= 0.6 is 0 Å². The van der Waals surface area contributed by atoms with Crippen LogP contribution in [-0.2, 0) is 11.3 Å². The SMILES string of the molecule is CC(=O)Nc1ccc(C(=O)NC2CCN(Cc3ccccc3)CC2)c(O)c1[N+](=O)[O-]. The molecule has 2 aromatic carbocycles. The number of nitrogens with zero attached hydrogens (tertiary/aromatic N) is 2. The highest BCUT2D eigenvalue weighted by Crippen LogP contribution is 2.37. The van der Waals surface area contributed by atoms with Crippen LogP contribution in [0.3, 0.4) is 0 Å². The summed E-state index contributed by atoms with van der Waals surface area (Å²) in [6.07, 6.45) is 1.48. The van der Waals surface area contributed by atoms with Crippen molar-refractivity contribution in [2.45, 2.75) is 32.4 Å². The van der Waals surface area contributed by atoms with Crippen LogP contribution in [0.2, 0.25) is 0 Å². The number of amides is 2. The number of aromatic hydroxyl groups is 1. The fourth-order valence-corrected chi connectivity index (χ4v) is 3.58. The second kappa shape index (κ2) is 9.36. The monoisotopic (exact) mass is 412 g/mol. The Kier molecular flexibility index (Phi) is 6.63. The molecule has 0 atom stereocenters. The topological polar surface area (TPSA) is 125 Å². The van der Waals surface area contributed by atoms with Gasteiger partial charge in [0.15, 0.2) is 0 Å². The van der Waals surface area contributed by atoms with E-state index in [1.807, 2.05) is 18.2 Å². The maximum absolute atomic E-state index is 12.6. The summed E-state index contributed by atoms with van der Waals surface area (Å²) >= 11 is 0. The van der Waals surface area contributed by atoms with Crippen molar-refractivity contribution in [3.8, 4) is 5.75 Å². The van der Waals surface area contributed by atoms with Gasteiger partial charge in [-0.2, -0.15) is 0 Å². The van der Waals surface area contributed by atoms with Crippen molar-refractivity contribution >= 4 is 23.2 Å². The molecule has 1 aliphatic rings. The molecule has 3 N–H and O–H groups in total. The third-order valence-electron chi connectivity index (χ3n) is 5.06. The number of hydrogen-bond donors (Lipinski definition) is 3. The molecule has 0 bridgehead atoms. The molecule has 1 saturated heterocycles. The fraction of sp³-hybridized carbons (Fsp3) is 0.333. The number of piperidine rings is 1. The van der Waals surface area contributed by atoms with Crippen LogP contribution < -0.4 is 10.6 Å². The molecule has 9 nitrogen and oxygen atoms in total. The van der Waals surface area contributed by atoms with Gasteiger partial charge in [0.25, 0.3) is 5.91 Å². The maximum Gasteiger partial charge on any atom is 0.334 e. The highest BCUT2D eigenvalue weighted by Gasteiger charge is 2.28. The molecule has 1 fully saturated rings. The minimum atomic E-state index is -0.820. The number of benzene rings is 2. The Hall–Kier alpha value is -3.46. The minimum Gasteiger partial charge on any atom is -0.501 e. The van der Waals surface area contributed by atoms with Crippen molar-refractivity contribution in [1.82, 2.24) is 10.2 Å². The first-order valence-corrected chi connectivity index (χ1v) is 9.70. The number of rotatable bonds is 6. The van der Waals surface area contributed by atoms with Gasteiger partial charge < -0.3 is 15.7 Å². The quantitative estimate of drug-likeness (QED) is 0.495. The van der Waals surface area contributed by atoms with Crippen molar-refractivity contribution in [2.24, 2.45) is 0 Å². The number of phenols is 1. The van der Waals surface area contributed by atoms with Crippen LogP contribution in [0.25, 0.3) is 0 Å². The molecule has 3 rings (SSSR count). The Morgan fingerprint density at radius 1 is 1.17 bits per heavy atom. The largest absolute Gasteiger partial charge is 0.501 e. The first kappa shape index (κ1) is 21.3. The van der Waals surface area contributed by atoms with Gasteiger partial charge in [-0.3, -0.25) is 24.6 Å². The molecule has 30 heavy (non-hydrogen) atoms. The molecule has 158 valence electrons. The van der Waals surface area contributed by atoms with E-state index >= 15 is 0 Å². The van der Waals surface area contributed by atoms with Gasteiger partial charge in [-0.15, -0.1) is 0 Å². The van der Waals surface area contributed by atoms with E-state index in [0.717, 1.165) is 32.5 Å². The molecule has 1 heterocycles. The van der Waals surface area contributed by atoms with Crippen molar-refractivity contribution in [3.63, 3.8) is 0 Å². The van der Waals surface area contributed by atoms with Gasteiger partial charge in [0.05, 0.1) is 10.5 Å². The second-order valence-corrected chi connectivity index (χ2v) is 7.31. The molecule has 1 aliphatic heterocycles. The van der Waals surface area contributed by atoms with Gasteiger partial charge in [-0.25, -0.2) is 0 Å². The normalized spacial score (nSPS) is 14.8. The number of carbonyl (C=O) groups is 2. The lowest BCUT2D eigenvalue weighted by molar-refractivity contribution is -0.384. The van der Waals surface area contributed by atoms with Crippen LogP contribution in [0.5, 0.6) is 5.75 Å². The average molecular weight is 412 g/mol. The molecule has 0 unspecified atom stereocenters. The number of nitro benzene ring substituents is 1. The lowest BCUT2D eigenvalue weighted by Crippen LogP contribution is -2.44. The molecule has 2 aromatic rings. The summed E-state index contributed by atoms with van der Waals surface area (Å²) in [5.41, 5.74) is 0.185. The van der Waals surface area contributed by atoms with E-state index in [9.17, 15) is 24.8 Å². The summed E-state index contributed by atoms with van der Waals surface area (Å²) in [4.78, 5) is 36.7. The van der Waals surface area contributed by atoms with E-state index in [0.29, 0.717) is 0 Å². The van der Waals surface area contributed by atoms with Crippen LogP contribution in [0, 0.1) is 10.1 Å². The average Bonchev–Trinajstić information content (AvgIpc) is 2.69. The first-order valence-electron chi connectivity index (χ1n) is 9.70. The zero-order valence-corrected chi connectivity index (χ0v) is 16.6. The molecule has 9 heteroatoms. The number of phenolic OH excluding ortho intramolecular Hbond substituents is 1. The predicted molar refractivity (Wildman–Crippen MR) is 111 cm³/mol. The van der Waals surface area contributed by atoms with E-state index in [1.165, 1.54) is 24.6 Å². The Morgan fingerprint density at radius 2 is 1.83 bits per heavy atom. The summed E-state index contributed by atoms with van der Waals surface area (Å²) in [6, 6.07) is 12.6. The molecule has 0 aliphatic carbocycles. The van der Waals surface area contributed by atoms with Crippen LogP contribution in [0.15, 0.2) is 42.5 Å². The lowest BCUT2D eigenvalue weighted by Gasteiger charge is -2.32. The van der Waals surface area contributed by atoms with Crippen molar-refractivity contribution in [2.75, 3.05) is 18.4 Å². The Bertz CT molecular complexity index is 940. The summed E-state index contributed by atoms with van der Waals surface area (Å²) in [6.45, 7) is 3.67. The summed E-state index contributed by atoms with van der Waals surface area (Å²) in [7, 11) is 0. The number of hydrogen-bond acceptors (Lipinski definition) is 6. The Balaban J connectivity index is 1.63. The maximum atomic E-state index is 12.6. The van der Waals surface area contributed by atoms with Gasteiger partial charge >= 0.3 is 5.69 Å². The standard InChI is InChI=1S/C21H24N4O5/c1-14(26)22-18-8-7-17(20(27)19(18)25(29)30)21(28)23-16-9-11-24(12-10-16)13-15-5-3-2-4-6-15/h2-8,16,27H,9-13H2,1H3,(H,22,26)(H,23,28). The lowest BCUT2D eigenvalue weighted by atomic mass is 10.0. The van der Waals surface area contributed by atoms with E-state index in [2.05, 4.69) is 27.7 Å². The zero-order chi connectivity index (χ0) is 21.7. The number of nitrogens with one attached hydrogen (secondary N) is 2. The Labute approximate surface area is 173 Å². The molecular formula is C21H24N4O5. The summed E-state index contributed by atoms with van der Waals surface area (Å²) in [5.74, 6) is -1.85. The molecular weight excluding hydrogens is 388 g/mol. The third-order valence-corrected chi connectivity index (χ3v) is 5.06. The second-order valence-electron chi connectivity index (χ2n) is 7.31. The van der Waals surface area contributed by atoms with Crippen LogP contribution in [0.1, 0.15) is 35.7 Å². The first-order chi connectivity index (χ1) is 14.3. The summed E-state index contributed by atoms with van der Waals surface area (Å²) < 4.78 is 0. The molecule has 0 radical (unpaired) electrons. The molecule has 0 saturated carbocycles. The summed E-state index contributed by atoms with van der Waals surface area (Å²) in [5, 5.41) is 26.8. The van der Waals surface area contributed by atoms with E-state index in [4.69, 9.17) is 0 Å². The van der Waals surface area contributed by atoms with Crippen molar-refractivity contribution < 1.29 is 19.6 Å². The fourth-order valence-electron chi connectivity index (χ4n) is 3.58. The van der Waals surface area contributed by atoms with Gasteiger partial charge in [-0.05, 0) is 30.5 Å². The highest BCUT2D eigenvalue weighted by atomic mass is 16.6. The van der Waals surface area contributed by atoms with E-state index in [1.54, 1.807) is 0 Å². The zero-order valence-electron chi connectivity index (χ0n) is 16.6. The number of carbonyl (C=O) groups excluding carboxylic acids is 2. The van der Waals surface area contributed by atoms with Gasteiger partial charge in [0, 0.05) is 32.6 Å². The molecule has 0 spiro atoms. The van der Waals surface area contributed by atoms with Gasteiger partial charge in [0.2, 0.25) is 11.7 Å². The van der Waals surface area contributed by atoms with E-state index < -0.39 is 28.2 Å². The van der Waals surface area contributed by atoms with Gasteiger partial charge in [0.1, 0.15) is 5.69 Å². The molecule has 0 aromatic heterocycles. The molecule has 2 amide bonds. The van der Waals surface area contributed by atoms with E-state index in [-0.39, 0.29) is 17.3 Å². The number of anilines is 1.